The van der Waals surface area contributed by atoms with Gasteiger partial charge in [-0.15, -0.1) is 6.42 Å². The molecular weight excluding hydrogens is 116 g/mol. The van der Waals surface area contributed by atoms with Gasteiger partial charge in [0.2, 0.25) is 0 Å². The van der Waals surface area contributed by atoms with E-state index in [0.29, 0.717) is 0 Å². The molecule has 0 saturated carbocycles. The fourth-order valence-electron chi connectivity index (χ4n) is 0.105. The van der Waals surface area contributed by atoms with E-state index in [-0.39, 0.29) is 0 Å². The standard InChI is InChI=1S/C3H4O3S/c1-2-3-7(4,5)6/h1H,3H2,(H,4,5,6). The van der Waals surface area contributed by atoms with E-state index in [4.69, 9.17) is 4.55 Å². The van der Waals surface area contributed by atoms with Crippen molar-refractivity contribution in [2.24, 2.45) is 0 Å². The first-order chi connectivity index (χ1) is 3.06. The molecule has 0 bridgehead atoms. The number of hydrogen-bond donors (Lipinski definition) is 1. The van der Waals surface area contributed by atoms with Crippen LogP contribution in [0.4, 0.5) is 0 Å². The lowest BCUT2D eigenvalue weighted by Crippen LogP contribution is -1.99. The van der Waals surface area contributed by atoms with Crippen LogP contribution >= 0.6 is 0 Å². The quantitative estimate of drug-likeness (QED) is 0.375. The molecule has 1 N–H and O–H groups in total. The van der Waals surface area contributed by atoms with Gasteiger partial charge < -0.3 is 0 Å². The molecule has 0 aromatic heterocycles. The maximum absolute atomic E-state index is 9.64. The lowest BCUT2D eigenvalue weighted by atomic mass is 10.8. The molecule has 0 radical (unpaired) electrons. The Morgan fingerprint density at radius 1 is 1.71 bits per heavy atom. The molecule has 0 fully saturated rings. The average Bonchev–Trinajstić information content (AvgIpc) is 1.30. The van der Waals surface area contributed by atoms with E-state index in [1.54, 1.807) is 5.92 Å². The van der Waals surface area contributed by atoms with Gasteiger partial charge in [-0.25, -0.2) is 0 Å². The number of hydrogen-bond acceptors (Lipinski definition) is 2. The highest BCUT2D eigenvalue weighted by atomic mass is 32.2. The Kier molecular flexibility index (Phi) is 1.81. The predicted octanol–water partition coefficient (Wildman–Crippen LogP) is -0.493. The summed E-state index contributed by atoms with van der Waals surface area (Å²) in [5.74, 6) is 1.17. The Bertz CT molecular complexity index is 171. The monoisotopic (exact) mass is 120 g/mol. The molecule has 0 spiro atoms. The molecule has 0 saturated heterocycles. The molecule has 7 heavy (non-hydrogen) atoms. The second-order valence-electron chi connectivity index (χ2n) is 0.930. The zero-order valence-corrected chi connectivity index (χ0v) is 4.27. The van der Waals surface area contributed by atoms with E-state index in [1.165, 1.54) is 0 Å². The van der Waals surface area contributed by atoms with Gasteiger partial charge in [0.1, 0.15) is 5.75 Å². The van der Waals surface area contributed by atoms with E-state index in [2.05, 4.69) is 6.42 Å². The van der Waals surface area contributed by atoms with Gasteiger partial charge in [0.25, 0.3) is 10.1 Å². The molecule has 0 amide bonds. The normalized spacial score (nSPS) is 10.3. The van der Waals surface area contributed by atoms with E-state index in [0.717, 1.165) is 0 Å². The Hall–Kier alpha value is -0.530. The van der Waals surface area contributed by atoms with Crippen molar-refractivity contribution >= 4 is 10.1 Å². The lowest BCUT2D eigenvalue weighted by Gasteiger charge is -1.80. The molecular formula is C3H4O3S. The summed E-state index contributed by atoms with van der Waals surface area (Å²) < 4.78 is 27.1. The van der Waals surface area contributed by atoms with Crippen LogP contribution in [0.2, 0.25) is 0 Å². The number of terminal acetylenes is 1. The first kappa shape index (κ1) is 6.47. The topological polar surface area (TPSA) is 54.4 Å². The predicted molar refractivity (Wildman–Crippen MR) is 25.2 cm³/mol. The van der Waals surface area contributed by atoms with Crippen molar-refractivity contribution in [1.82, 2.24) is 0 Å². The van der Waals surface area contributed by atoms with Crippen molar-refractivity contribution in [3.63, 3.8) is 0 Å². The second-order valence-corrected chi connectivity index (χ2v) is 2.38. The fourth-order valence-corrected chi connectivity index (χ4v) is 0.316. The summed E-state index contributed by atoms with van der Waals surface area (Å²) in [4.78, 5) is 0. The minimum atomic E-state index is -3.91. The summed E-state index contributed by atoms with van der Waals surface area (Å²) >= 11 is 0. The van der Waals surface area contributed by atoms with Crippen LogP contribution in [-0.4, -0.2) is 18.7 Å². The summed E-state index contributed by atoms with van der Waals surface area (Å²) in [5, 5.41) is 0. The fraction of sp³-hybridized carbons (Fsp3) is 0.333. The summed E-state index contributed by atoms with van der Waals surface area (Å²) in [6, 6.07) is 0. The molecule has 0 aromatic rings. The van der Waals surface area contributed by atoms with Crippen LogP contribution in [0, 0.1) is 12.3 Å². The van der Waals surface area contributed by atoms with Gasteiger partial charge in [-0.1, -0.05) is 5.92 Å². The molecule has 0 heterocycles. The van der Waals surface area contributed by atoms with Crippen LogP contribution in [0.1, 0.15) is 0 Å². The van der Waals surface area contributed by atoms with Gasteiger partial charge in [-0.2, -0.15) is 8.42 Å². The molecule has 0 unspecified atom stereocenters. The second kappa shape index (κ2) is 1.96. The minimum absolute atomic E-state index is 0.604. The van der Waals surface area contributed by atoms with Crippen LogP contribution in [0.5, 0.6) is 0 Å². The van der Waals surface area contributed by atoms with Gasteiger partial charge in [0, 0.05) is 0 Å². The molecule has 0 atom stereocenters. The highest BCUT2D eigenvalue weighted by molar-refractivity contribution is 7.86. The molecule has 0 rings (SSSR count). The van der Waals surface area contributed by atoms with Crippen LogP contribution in [-0.2, 0) is 10.1 Å². The first-order valence-electron chi connectivity index (χ1n) is 1.45. The SMILES string of the molecule is C#CCS(=O)(=O)O. The van der Waals surface area contributed by atoms with Crippen LogP contribution < -0.4 is 0 Å². The van der Waals surface area contributed by atoms with Crippen LogP contribution in [0.25, 0.3) is 0 Å². The number of rotatable bonds is 1. The van der Waals surface area contributed by atoms with Crippen molar-refractivity contribution in [2.45, 2.75) is 0 Å². The first-order valence-corrected chi connectivity index (χ1v) is 3.06. The molecule has 0 aromatic carbocycles. The molecule has 40 valence electrons. The van der Waals surface area contributed by atoms with Gasteiger partial charge in [-0.05, 0) is 0 Å². The van der Waals surface area contributed by atoms with Gasteiger partial charge in [-0.3, -0.25) is 4.55 Å². The van der Waals surface area contributed by atoms with E-state index in [9.17, 15) is 8.42 Å². The van der Waals surface area contributed by atoms with Gasteiger partial charge in [0.15, 0.2) is 0 Å². The van der Waals surface area contributed by atoms with Crippen molar-refractivity contribution < 1.29 is 13.0 Å². The van der Waals surface area contributed by atoms with E-state index >= 15 is 0 Å². The zero-order chi connectivity index (χ0) is 5.91. The maximum Gasteiger partial charge on any atom is 0.276 e. The Morgan fingerprint density at radius 2 is 2.14 bits per heavy atom. The third-order valence-electron chi connectivity index (χ3n) is 0.266. The summed E-state index contributed by atoms with van der Waals surface area (Å²) in [6.45, 7) is 0. The third kappa shape index (κ3) is 5.47. The molecule has 0 aliphatic rings. The smallest absolute Gasteiger partial charge is 0.276 e. The van der Waals surface area contributed by atoms with Crippen molar-refractivity contribution in [2.75, 3.05) is 5.75 Å². The summed E-state index contributed by atoms with van der Waals surface area (Å²) in [6.07, 6.45) is 4.53. The van der Waals surface area contributed by atoms with Crippen molar-refractivity contribution in [3.05, 3.63) is 0 Å². The van der Waals surface area contributed by atoms with Crippen molar-refractivity contribution in [3.8, 4) is 12.3 Å². The largest absolute Gasteiger partial charge is 0.285 e. The molecule has 0 aliphatic carbocycles. The van der Waals surface area contributed by atoms with Gasteiger partial charge in [0.05, 0.1) is 0 Å². The summed E-state index contributed by atoms with van der Waals surface area (Å²) in [5.41, 5.74) is 0. The molecule has 4 heteroatoms. The van der Waals surface area contributed by atoms with Gasteiger partial charge >= 0.3 is 0 Å². The Morgan fingerprint density at radius 3 is 2.14 bits per heavy atom. The average molecular weight is 120 g/mol. The Balaban J connectivity index is 3.92. The zero-order valence-electron chi connectivity index (χ0n) is 3.46. The Labute approximate surface area is 42.1 Å². The van der Waals surface area contributed by atoms with Crippen LogP contribution in [0.3, 0.4) is 0 Å². The van der Waals surface area contributed by atoms with Crippen molar-refractivity contribution in [1.29, 1.82) is 0 Å². The third-order valence-corrected chi connectivity index (χ3v) is 0.797. The summed E-state index contributed by atoms with van der Waals surface area (Å²) in [7, 11) is -3.91. The maximum atomic E-state index is 9.64. The molecule has 3 nitrogen and oxygen atoms in total. The lowest BCUT2D eigenvalue weighted by molar-refractivity contribution is 0.487. The van der Waals surface area contributed by atoms with Crippen LogP contribution in [0.15, 0.2) is 0 Å². The molecule has 0 aliphatic heterocycles. The van der Waals surface area contributed by atoms with E-state index < -0.39 is 15.9 Å². The highest BCUT2D eigenvalue weighted by Crippen LogP contribution is 1.74. The van der Waals surface area contributed by atoms with E-state index in [1.807, 2.05) is 0 Å². The highest BCUT2D eigenvalue weighted by Gasteiger charge is 1.96. The minimum Gasteiger partial charge on any atom is -0.285 e.